The first-order valence-corrected chi connectivity index (χ1v) is 9.19. The zero-order valence-electron chi connectivity index (χ0n) is 13.0. The van der Waals surface area contributed by atoms with Crippen molar-refractivity contribution in [2.24, 2.45) is 0 Å². The van der Waals surface area contributed by atoms with Crippen LogP contribution in [0.2, 0.25) is 0 Å². The van der Waals surface area contributed by atoms with Crippen LogP contribution in [0.25, 0.3) is 0 Å². The number of carbonyl (C=O) groups is 1. The van der Waals surface area contributed by atoms with Crippen LogP contribution in [0.4, 0.5) is 15.2 Å². The summed E-state index contributed by atoms with van der Waals surface area (Å²) in [6.45, 7) is 1.41. The molecule has 0 bridgehead atoms. The quantitative estimate of drug-likeness (QED) is 0.583. The van der Waals surface area contributed by atoms with Crippen LogP contribution in [0.1, 0.15) is 12.6 Å². The van der Waals surface area contributed by atoms with Crippen LogP contribution in [0, 0.1) is 5.82 Å². The molecule has 0 radical (unpaired) electrons. The Labute approximate surface area is 148 Å². The molecule has 122 valence electrons. The third-order valence-corrected chi connectivity index (χ3v) is 5.19. The molecule has 1 heterocycles. The second kappa shape index (κ2) is 7.59. The van der Waals surface area contributed by atoms with Crippen molar-refractivity contribution >= 4 is 39.8 Å². The predicted molar refractivity (Wildman–Crippen MR) is 97.3 cm³/mol. The number of thioether (sulfide) groups is 1. The van der Waals surface area contributed by atoms with Gasteiger partial charge in [-0.2, -0.15) is 0 Å². The average Bonchev–Trinajstić information content (AvgIpc) is 3.04. The standard InChI is InChI=1S/C18H15FN2OS2/c1-13(22)21(17-10-6-5-9-16(17)19)18-20-14(12-24-18)11-23-15-7-3-2-4-8-15/h2-10,12H,11H2,1H3. The van der Waals surface area contributed by atoms with Crippen molar-refractivity contribution in [1.29, 1.82) is 0 Å². The highest BCUT2D eigenvalue weighted by Gasteiger charge is 2.20. The Morgan fingerprint density at radius 1 is 1.17 bits per heavy atom. The van der Waals surface area contributed by atoms with E-state index in [0.29, 0.717) is 10.9 Å². The summed E-state index contributed by atoms with van der Waals surface area (Å²) in [4.78, 5) is 19.0. The van der Waals surface area contributed by atoms with Gasteiger partial charge in [0, 0.05) is 23.0 Å². The Kier molecular flexibility index (Phi) is 5.27. The summed E-state index contributed by atoms with van der Waals surface area (Å²) in [5.74, 6) is -0.0106. The Hall–Kier alpha value is -2.18. The van der Waals surface area contributed by atoms with Crippen molar-refractivity contribution in [2.75, 3.05) is 4.90 Å². The molecule has 0 aliphatic heterocycles. The number of thiazole rings is 1. The minimum Gasteiger partial charge on any atom is -0.274 e. The molecule has 0 spiro atoms. The number of para-hydroxylation sites is 1. The highest BCUT2D eigenvalue weighted by Crippen LogP contribution is 2.32. The highest BCUT2D eigenvalue weighted by molar-refractivity contribution is 7.98. The maximum Gasteiger partial charge on any atom is 0.230 e. The SMILES string of the molecule is CC(=O)N(c1nc(CSc2ccccc2)cs1)c1ccccc1F. The first-order chi connectivity index (χ1) is 11.6. The summed E-state index contributed by atoms with van der Waals surface area (Å²) >= 11 is 3.01. The maximum atomic E-state index is 14.0. The van der Waals surface area contributed by atoms with Gasteiger partial charge in [-0.15, -0.1) is 23.1 Å². The molecule has 0 fully saturated rings. The van der Waals surface area contributed by atoms with Gasteiger partial charge in [0.1, 0.15) is 5.82 Å². The van der Waals surface area contributed by atoms with Crippen LogP contribution in [0.15, 0.2) is 64.9 Å². The first-order valence-electron chi connectivity index (χ1n) is 7.32. The molecule has 3 rings (SSSR count). The number of benzene rings is 2. The number of carbonyl (C=O) groups excluding carboxylic acids is 1. The lowest BCUT2D eigenvalue weighted by molar-refractivity contribution is -0.115. The number of aromatic nitrogens is 1. The fourth-order valence-electron chi connectivity index (χ4n) is 2.18. The van der Waals surface area contributed by atoms with E-state index in [1.807, 2.05) is 35.7 Å². The van der Waals surface area contributed by atoms with Crippen LogP contribution in [0.5, 0.6) is 0 Å². The van der Waals surface area contributed by atoms with Gasteiger partial charge in [-0.25, -0.2) is 9.37 Å². The molecular weight excluding hydrogens is 343 g/mol. The lowest BCUT2D eigenvalue weighted by Gasteiger charge is -2.18. The second-order valence-corrected chi connectivity index (χ2v) is 6.91. The van der Waals surface area contributed by atoms with Crippen LogP contribution < -0.4 is 4.90 Å². The van der Waals surface area contributed by atoms with E-state index in [0.717, 1.165) is 10.6 Å². The first kappa shape index (κ1) is 16.7. The number of nitrogens with zero attached hydrogens (tertiary/aromatic N) is 2. The van der Waals surface area contributed by atoms with Crippen molar-refractivity contribution in [2.45, 2.75) is 17.6 Å². The van der Waals surface area contributed by atoms with Gasteiger partial charge in [0.05, 0.1) is 11.4 Å². The molecule has 24 heavy (non-hydrogen) atoms. The molecule has 0 aliphatic carbocycles. The average molecular weight is 358 g/mol. The van der Waals surface area contributed by atoms with E-state index < -0.39 is 5.82 Å². The molecule has 2 aromatic carbocycles. The van der Waals surface area contributed by atoms with Gasteiger partial charge in [0.25, 0.3) is 0 Å². The molecule has 0 N–H and O–H groups in total. The van der Waals surface area contributed by atoms with Gasteiger partial charge >= 0.3 is 0 Å². The van der Waals surface area contributed by atoms with E-state index in [4.69, 9.17) is 0 Å². The van der Waals surface area contributed by atoms with Crippen LogP contribution in [-0.4, -0.2) is 10.9 Å². The number of amides is 1. The largest absolute Gasteiger partial charge is 0.274 e. The van der Waals surface area contributed by atoms with Crippen molar-refractivity contribution < 1.29 is 9.18 Å². The molecule has 0 saturated carbocycles. The van der Waals surface area contributed by atoms with E-state index in [1.165, 1.54) is 29.2 Å². The van der Waals surface area contributed by atoms with Gasteiger partial charge in [-0.05, 0) is 24.3 Å². The summed E-state index contributed by atoms with van der Waals surface area (Å²) in [6.07, 6.45) is 0. The van der Waals surface area contributed by atoms with Gasteiger partial charge in [0.15, 0.2) is 5.13 Å². The number of rotatable bonds is 5. The Balaban J connectivity index is 1.80. The molecule has 6 heteroatoms. The topological polar surface area (TPSA) is 33.2 Å². The Morgan fingerprint density at radius 2 is 1.88 bits per heavy atom. The van der Waals surface area contributed by atoms with Gasteiger partial charge < -0.3 is 0 Å². The zero-order chi connectivity index (χ0) is 16.9. The van der Waals surface area contributed by atoms with Gasteiger partial charge in [0.2, 0.25) is 5.91 Å². The lowest BCUT2D eigenvalue weighted by atomic mass is 10.3. The minimum absolute atomic E-state index is 0.224. The maximum absolute atomic E-state index is 14.0. The van der Waals surface area contributed by atoms with Gasteiger partial charge in [-0.3, -0.25) is 9.69 Å². The van der Waals surface area contributed by atoms with Crippen LogP contribution >= 0.6 is 23.1 Å². The molecule has 1 amide bonds. The zero-order valence-corrected chi connectivity index (χ0v) is 14.6. The third kappa shape index (κ3) is 3.83. The number of anilines is 2. The van der Waals surface area contributed by atoms with Crippen molar-refractivity contribution in [3.63, 3.8) is 0 Å². The normalized spacial score (nSPS) is 10.6. The van der Waals surface area contributed by atoms with Crippen molar-refractivity contribution in [1.82, 2.24) is 4.98 Å². The van der Waals surface area contributed by atoms with Crippen LogP contribution in [0.3, 0.4) is 0 Å². The van der Waals surface area contributed by atoms with Crippen LogP contribution in [-0.2, 0) is 10.5 Å². The van der Waals surface area contributed by atoms with E-state index in [1.54, 1.807) is 30.0 Å². The monoisotopic (exact) mass is 358 g/mol. The van der Waals surface area contributed by atoms with E-state index >= 15 is 0 Å². The molecular formula is C18H15FN2OS2. The summed E-state index contributed by atoms with van der Waals surface area (Å²) in [5.41, 5.74) is 1.09. The predicted octanol–water partition coefficient (Wildman–Crippen LogP) is 5.26. The number of hydrogen-bond acceptors (Lipinski definition) is 4. The number of halogens is 1. The highest BCUT2D eigenvalue weighted by atomic mass is 32.2. The second-order valence-electron chi connectivity index (χ2n) is 5.03. The summed E-state index contributed by atoms with van der Waals surface area (Å²) < 4.78 is 14.0. The Morgan fingerprint density at radius 3 is 2.58 bits per heavy atom. The molecule has 1 aromatic heterocycles. The van der Waals surface area contributed by atoms with E-state index in [-0.39, 0.29) is 11.6 Å². The molecule has 0 saturated heterocycles. The minimum atomic E-state index is -0.442. The summed E-state index contributed by atoms with van der Waals surface area (Å²) in [7, 11) is 0. The molecule has 0 unspecified atom stereocenters. The molecule has 0 atom stereocenters. The van der Waals surface area contributed by atoms with Gasteiger partial charge in [-0.1, -0.05) is 30.3 Å². The van der Waals surface area contributed by atoms with Crippen molar-refractivity contribution in [3.8, 4) is 0 Å². The Bertz CT molecular complexity index is 836. The molecule has 3 nitrogen and oxygen atoms in total. The van der Waals surface area contributed by atoms with E-state index in [9.17, 15) is 9.18 Å². The third-order valence-electron chi connectivity index (χ3n) is 3.27. The fraction of sp³-hybridized carbons (Fsp3) is 0.111. The summed E-state index contributed by atoms with van der Waals surface area (Å²) in [6, 6.07) is 16.3. The van der Waals surface area contributed by atoms with E-state index in [2.05, 4.69) is 4.98 Å². The summed E-state index contributed by atoms with van der Waals surface area (Å²) in [5, 5.41) is 2.39. The smallest absolute Gasteiger partial charge is 0.230 e. The number of hydrogen-bond donors (Lipinski definition) is 0. The molecule has 0 aliphatic rings. The lowest BCUT2D eigenvalue weighted by Crippen LogP contribution is -2.23. The van der Waals surface area contributed by atoms with Crippen molar-refractivity contribution in [3.05, 3.63) is 71.5 Å². The molecule has 3 aromatic rings. The fourth-order valence-corrected chi connectivity index (χ4v) is 3.98.